The van der Waals surface area contributed by atoms with Crippen LogP contribution in [0.4, 0.5) is 9.18 Å². The van der Waals surface area contributed by atoms with Gasteiger partial charge in [-0.3, -0.25) is 0 Å². The molecule has 2 N–H and O–H groups in total. The van der Waals surface area contributed by atoms with E-state index < -0.39 is 24.0 Å². The molecule has 0 aliphatic heterocycles. The molecular formula is C18H17ClFNO5. The average molecular weight is 382 g/mol. The standard InChI is InChI=1S/C18H17ClFNO5/c1-25-18(24)21-7-8-26-16(11-3-2-4-13(19)9-11)14-10-12(17(22)23)5-6-15(14)20/h2-6,9-10,16H,7-8H2,1H3,(H,21,24)(H,22,23). The lowest BCUT2D eigenvalue weighted by Crippen LogP contribution is -2.27. The molecule has 0 radical (unpaired) electrons. The van der Waals surface area contributed by atoms with Gasteiger partial charge in [0.25, 0.3) is 0 Å². The first-order valence-corrected chi connectivity index (χ1v) is 8.01. The van der Waals surface area contributed by atoms with Crippen LogP contribution < -0.4 is 5.32 Å². The molecule has 1 atom stereocenters. The summed E-state index contributed by atoms with van der Waals surface area (Å²) in [5, 5.41) is 12.0. The number of carbonyl (C=O) groups excluding carboxylic acids is 1. The molecule has 0 aliphatic carbocycles. The third-order valence-corrected chi connectivity index (χ3v) is 3.75. The maximum absolute atomic E-state index is 14.4. The van der Waals surface area contributed by atoms with Crippen molar-refractivity contribution in [1.82, 2.24) is 5.32 Å². The van der Waals surface area contributed by atoms with E-state index in [2.05, 4.69) is 10.1 Å². The molecule has 26 heavy (non-hydrogen) atoms. The first-order chi connectivity index (χ1) is 12.4. The number of halogens is 2. The number of carbonyl (C=O) groups is 2. The van der Waals surface area contributed by atoms with E-state index in [0.717, 1.165) is 6.07 Å². The summed E-state index contributed by atoms with van der Waals surface area (Å²) in [7, 11) is 1.23. The molecule has 2 aromatic carbocycles. The van der Waals surface area contributed by atoms with Crippen molar-refractivity contribution >= 4 is 23.7 Å². The number of methoxy groups -OCH3 is 1. The van der Waals surface area contributed by atoms with Gasteiger partial charge in [0.05, 0.1) is 19.3 Å². The maximum atomic E-state index is 14.4. The summed E-state index contributed by atoms with van der Waals surface area (Å²) in [4.78, 5) is 22.3. The highest BCUT2D eigenvalue weighted by molar-refractivity contribution is 6.30. The Bertz CT molecular complexity index is 799. The van der Waals surface area contributed by atoms with Gasteiger partial charge in [-0.2, -0.15) is 0 Å². The Kier molecular flexibility index (Phi) is 6.94. The number of alkyl carbamates (subject to hydrolysis) is 1. The molecule has 0 aliphatic rings. The first-order valence-electron chi connectivity index (χ1n) is 7.64. The molecule has 0 bridgehead atoms. The van der Waals surface area contributed by atoms with Crippen LogP contribution in [0.3, 0.4) is 0 Å². The zero-order valence-corrected chi connectivity index (χ0v) is 14.6. The molecule has 6 nitrogen and oxygen atoms in total. The molecule has 0 spiro atoms. The number of carboxylic acids is 1. The highest BCUT2D eigenvalue weighted by Crippen LogP contribution is 2.30. The molecule has 0 fully saturated rings. The smallest absolute Gasteiger partial charge is 0.406 e. The summed E-state index contributed by atoms with van der Waals surface area (Å²) in [5.74, 6) is -1.79. The Balaban J connectivity index is 2.30. The minimum Gasteiger partial charge on any atom is -0.478 e. The van der Waals surface area contributed by atoms with Crippen molar-refractivity contribution < 1.29 is 28.6 Å². The number of nitrogens with one attached hydrogen (secondary N) is 1. The third kappa shape index (κ3) is 5.18. The molecule has 0 aromatic heterocycles. The Morgan fingerprint density at radius 1 is 1.27 bits per heavy atom. The van der Waals surface area contributed by atoms with E-state index in [1.54, 1.807) is 24.3 Å². The third-order valence-electron chi connectivity index (χ3n) is 3.52. The van der Waals surface area contributed by atoms with Gasteiger partial charge in [0, 0.05) is 17.1 Å². The highest BCUT2D eigenvalue weighted by atomic mass is 35.5. The van der Waals surface area contributed by atoms with Crippen LogP contribution in [0.2, 0.25) is 5.02 Å². The fourth-order valence-electron chi connectivity index (χ4n) is 2.31. The zero-order valence-electron chi connectivity index (χ0n) is 13.9. The zero-order chi connectivity index (χ0) is 19.1. The van der Waals surface area contributed by atoms with Gasteiger partial charge in [0.1, 0.15) is 11.9 Å². The van der Waals surface area contributed by atoms with E-state index in [0.29, 0.717) is 10.6 Å². The maximum Gasteiger partial charge on any atom is 0.406 e. The Morgan fingerprint density at radius 2 is 2.04 bits per heavy atom. The van der Waals surface area contributed by atoms with Crippen molar-refractivity contribution in [3.63, 3.8) is 0 Å². The largest absolute Gasteiger partial charge is 0.478 e. The van der Waals surface area contributed by atoms with E-state index in [-0.39, 0.29) is 24.3 Å². The van der Waals surface area contributed by atoms with Crippen molar-refractivity contribution in [3.05, 3.63) is 70.0 Å². The Labute approximate surface area is 154 Å². The topological polar surface area (TPSA) is 84.9 Å². The van der Waals surface area contributed by atoms with E-state index in [9.17, 15) is 14.0 Å². The molecule has 8 heteroatoms. The molecule has 138 valence electrons. The molecule has 2 aromatic rings. The lowest BCUT2D eigenvalue weighted by Gasteiger charge is -2.20. The van der Waals surface area contributed by atoms with E-state index >= 15 is 0 Å². The second-order valence-electron chi connectivity index (χ2n) is 5.27. The van der Waals surface area contributed by atoms with Gasteiger partial charge in [-0.25, -0.2) is 14.0 Å². The van der Waals surface area contributed by atoms with Crippen molar-refractivity contribution in [2.24, 2.45) is 0 Å². The molecular weight excluding hydrogens is 365 g/mol. The number of rotatable bonds is 7. The van der Waals surface area contributed by atoms with Crippen molar-refractivity contribution in [2.75, 3.05) is 20.3 Å². The molecule has 1 unspecified atom stereocenters. The second-order valence-corrected chi connectivity index (χ2v) is 5.70. The van der Waals surface area contributed by atoms with Crippen LogP contribution >= 0.6 is 11.6 Å². The summed E-state index contributed by atoms with van der Waals surface area (Å²) in [6.45, 7) is 0.174. The predicted molar refractivity (Wildman–Crippen MR) is 93.0 cm³/mol. The van der Waals surface area contributed by atoms with Crippen molar-refractivity contribution in [1.29, 1.82) is 0 Å². The van der Waals surface area contributed by atoms with E-state index in [1.165, 1.54) is 19.2 Å². The highest BCUT2D eigenvalue weighted by Gasteiger charge is 2.21. The van der Waals surface area contributed by atoms with Gasteiger partial charge in [-0.1, -0.05) is 23.7 Å². The fraction of sp³-hybridized carbons (Fsp3) is 0.222. The fourth-order valence-corrected chi connectivity index (χ4v) is 2.51. The summed E-state index contributed by atoms with van der Waals surface area (Å²) in [6.07, 6.45) is -1.51. The van der Waals surface area contributed by atoms with Crippen molar-refractivity contribution in [3.8, 4) is 0 Å². The number of carboxylic acid groups (broad SMARTS) is 1. The Morgan fingerprint density at radius 3 is 2.69 bits per heavy atom. The van der Waals surface area contributed by atoms with Crippen molar-refractivity contribution in [2.45, 2.75) is 6.10 Å². The van der Waals surface area contributed by atoms with Crippen LogP contribution in [0, 0.1) is 5.82 Å². The molecule has 1 amide bonds. The van der Waals surface area contributed by atoms with Crippen LogP contribution in [0.5, 0.6) is 0 Å². The number of amides is 1. The van der Waals surface area contributed by atoms with Gasteiger partial charge in [-0.15, -0.1) is 0 Å². The van der Waals surface area contributed by atoms with Crippen LogP contribution in [-0.4, -0.2) is 37.4 Å². The minimum absolute atomic E-state index is 0.0447. The summed E-state index contributed by atoms with van der Waals surface area (Å²) >= 11 is 6.00. The van der Waals surface area contributed by atoms with Crippen LogP contribution in [0.25, 0.3) is 0 Å². The summed E-state index contributed by atoms with van der Waals surface area (Å²) < 4.78 is 24.5. The van der Waals surface area contributed by atoms with Crippen LogP contribution in [-0.2, 0) is 9.47 Å². The number of benzene rings is 2. The number of hydrogen-bond acceptors (Lipinski definition) is 4. The first kappa shape index (κ1) is 19.7. The summed E-state index contributed by atoms with van der Waals surface area (Å²) in [5.41, 5.74) is 0.548. The van der Waals surface area contributed by atoms with Crippen LogP contribution in [0.1, 0.15) is 27.6 Å². The number of ether oxygens (including phenoxy) is 2. The minimum atomic E-state index is -1.18. The van der Waals surface area contributed by atoms with E-state index in [1.807, 2.05) is 0 Å². The van der Waals surface area contributed by atoms with Crippen LogP contribution in [0.15, 0.2) is 42.5 Å². The predicted octanol–water partition coefficient (Wildman–Crippen LogP) is 3.64. The monoisotopic (exact) mass is 381 g/mol. The van der Waals surface area contributed by atoms with Gasteiger partial charge < -0.3 is 19.9 Å². The quantitative estimate of drug-likeness (QED) is 0.715. The van der Waals surface area contributed by atoms with Gasteiger partial charge in [-0.05, 0) is 35.9 Å². The van der Waals surface area contributed by atoms with Gasteiger partial charge in [0.2, 0.25) is 0 Å². The summed E-state index contributed by atoms with van der Waals surface area (Å²) in [6, 6.07) is 10.1. The molecule has 2 rings (SSSR count). The molecule has 0 saturated heterocycles. The van der Waals surface area contributed by atoms with Gasteiger partial charge >= 0.3 is 12.1 Å². The molecule has 0 heterocycles. The van der Waals surface area contributed by atoms with Gasteiger partial charge in [0.15, 0.2) is 0 Å². The average Bonchev–Trinajstić information content (AvgIpc) is 2.62. The number of hydrogen-bond donors (Lipinski definition) is 2. The lowest BCUT2D eigenvalue weighted by molar-refractivity contribution is 0.0692. The number of aromatic carboxylic acids is 1. The lowest BCUT2D eigenvalue weighted by atomic mass is 9.99. The molecule has 0 saturated carbocycles. The van der Waals surface area contributed by atoms with E-state index in [4.69, 9.17) is 21.4 Å². The SMILES string of the molecule is COC(=O)NCCOC(c1cccc(Cl)c1)c1cc(C(=O)O)ccc1F. The normalized spacial score (nSPS) is 11.7. The second kappa shape index (κ2) is 9.17. The Hall–Kier alpha value is -2.64.